The van der Waals surface area contributed by atoms with Gasteiger partial charge < -0.3 is 5.11 Å². The molecule has 0 aliphatic rings. The fourth-order valence-electron chi connectivity index (χ4n) is 0.873. The maximum atomic E-state index is 10.3. The van der Waals surface area contributed by atoms with E-state index in [1.165, 1.54) is 19.3 Å². The fraction of sp³-hybridized carbons (Fsp3) is 0.875. The van der Waals surface area contributed by atoms with Crippen molar-refractivity contribution < 1.29 is 74.0 Å². The Morgan fingerprint density at radius 3 is 2.18 bits per heavy atom. The molecule has 0 saturated heterocycles. The average Bonchev–Trinajstić information content (AvgIpc) is 1.87. The molecule has 0 aromatic carbocycles. The zero-order valence-electron chi connectivity index (χ0n) is 7.56. The summed E-state index contributed by atoms with van der Waals surface area (Å²) in [6, 6.07) is 0. The molecule has 0 atom stereocenters. The smallest absolute Gasteiger partial charge is 0.867 e. The molecule has 0 unspecified atom stereocenters. The Balaban J connectivity index is 0. The van der Waals surface area contributed by atoms with Gasteiger partial charge in [0.15, 0.2) is 0 Å². The van der Waals surface area contributed by atoms with Crippen LogP contribution in [0.1, 0.15) is 45.4 Å². The van der Waals surface area contributed by atoms with E-state index in [2.05, 4.69) is 19.1 Å². The molecule has 0 aromatic rings. The molecule has 0 fully saturated rings. The Bertz CT molecular complexity index is 96.1. The SMILES string of the molecule is CCCCCCCC([O-])=S.[Cs+]. The molecule has 3 heteroatoms. The third-order valence-corrected chi connectivity index (χ3v) is 1.69. The van der Waals surface area contributed by atoms with Crippen LogP contribution in [0.15, 0.2) is 0 Å². The molecule has 1 nitrogen and oxygen atoms in total. The van der Waals surface area contributed by atoms with Crippen LogP contribution in [0.3, 0.4) is 0 Å². The summed E-state index contributed by atoms with van der Waals surface area (Å²) in [5, 5.41) is 10.2. The van der Waals surface area contributed by atoms with Gasteiger partial charge in [0.25, 0.3) is 0 Å². The summed E-state index contributed by atoms with van der Waals surface area (Å²) in [6.45, 7) is 2.18. The molecular formula is C8H15CsOS. The quantitative estimate of drug-likeness (QED) is 0.465. The zero-order chi connectivity index (χ0) is 7.82. The number of rotatable bonds is 6. The van der Waals surface area contributed by atoms with Gasteiger partial charge in [-0.05, 0) is 12.8 Å². The number of hydrogen-bond acceptors (Lipinski definition) is 2. The van der Waals surface area contributed by atoms with Crippen molar-refractivity contribution in [1.29, 1.82) is 0 Å². The van der Waals surface area contributed by atoms with Gasteiger partial charge in [-0.2, -0.15) is 0 Å². The molecular weight excluding hydrogens is 277 g/mol. The Morgan fingerprint density at radius 1 is 1.18 bits per heavy atom. The van der Waals surface area contributed by atoms with Gasteiger partial charge in [-0.15, -0.1) is 12.2 Å². The van der Waals surface area contributed by atoms with Crippen molar-refractivity contribution in [3.63, 3.8) is 0 Å². The summed E-state index contributed by atoms with van der Waals surface area (Å²) in [4.78, 5) is 0. The Labute approximate surface area is 134 Å². The van der Waals surface area contributed by atoms with Crippen molar-refractivity contribution in [2.75, 3.05) is 0 Å². The average molecular weight is 292 g/mol. The molecule has 0 saturated carbocycles. The molecule has 60 valence electrons. The number of thiocarbonyl (C=S) groups is 1. The van der Waals surface area contributed by atoms with Crippen LogP contribution in [0.25, 0.3) is 0 Å². The molecule has 0 radical (unpaired) electrons. The standard InChI is InChI=1S/C8H16OS.Cs/c1-2-3-4-5-6-7-8(9)10;/h2-7H2,1H3,(H,9,10);/q;+1/p-1. The molecule has 0 rings (SSSR count). The van der Waals surface area contributed by atoms with E-state index in [0.29, 0.717) is 6.42 Å². The van der Waals surface area contributed by atoms with Crippen LogP contribution in [0.5, 0.6) is 0 Å². The molecule has 11 heavy (non-hydrogen) atoms. The first-order valence-corrected chi connectivity index (χ1v) is 4.38. The van der Waals surface area contributed by atoms with Crippen molar-refractivity contribution in [2.45, 2.75) is 45.4 Å². The summed E-state index contributed by atoms with van der Waals surface area (Å²) >= 11 is 4.42. The molecule has 0 heterocycles. The third-order valence-electron chi connectivity index (χ3n) is 1.48. The van der Waals surface area contributed by atoms with E-state index in [9.17, 15) is 5.11 Å². The van der Waals surface area contributed by atoms with Crippen molar-refractivity contribution in [3.05, 3.63) is 0 Å². The molecule has 0 bridgehead atoms. The number of hydrogen-bond donors (Lipinski definition) is 0. The minimum Gasteiger partial charge on any atom is -0.867 e. The first kappa shape index (κ1) is 15.4. The van der Waals surface area contributed by atoms with Gasteiger partial charge in [0.05, 0.1) is 0 Å². The Morgan fingerprint density at radius 2 is 1.73 bits per heavy atom. The van der Waals surface area contributed by atoms with E-state index in [4.69, 9.17) is 0 Å². The molecule has 0 aliphatic heterocycles. The molecule has 0 aliphatic carbocycles. The topological polar surface area (TPSA) is 23.1 Å². The fourth-order valence-corrected chi connectivity index (χ4v) is 1.02. The second kappa shape index (κ2) is 11.9. The summed E-state index contributed by atoms with van der Waals surface area (Å²) in [5.41, 5.74) is 0. The first-order valence-electron chi connectivity index (χ1n) is 3.97. The first-order chi connectivity index (χ1) is 4.77. The molecule has 0 aromatic heterocycles. The van der Waals surface area contributed by atoms with Gasteiger partial charge in [-0.25, -0.2) is 0 Å². The normalized spacial score (nSPS) is 8.82. The Hall–Kier alpha value is 1.94. The van der Waals surface area contributed by atoms with Crippen LogP contribution in [0.2, 0.25) is 0 Å². The largest absolute Gasteiger partial charge is 1.00 e. The van der Waals surface area contributed by atoms with Crippen molar-refractivity contribution in [2.24, 2.45) is 0 Å². The second-order valence-electron chi connectivity index (χ2n) is 2.54. The Kier molecular flexibility index (Phi) is 16.7. The van der Waals surface area contributed by atoms with Gasteiger partial charge >= 0.3 is 68.9 Å². The predicted octanol–water partition coefficient (Wildman–Crippen LogP) is -0.961. The van der Waals surface area contributed by atoms with Crippen molar-refractivity contribution in [1.82, 2.24) is 0 Å². The van der Waals surface area contributed by atoms with Crippen LogP contribution in [-0.2, 0) is 0 Å². The van der Waals surface area contributed by atoms with E-state index in [1.54, 1.807) is 0 Å². The molecule has 0 spiro atoms. The minimum atomic E-state index is -0.0866. The summed E-state index contributed by atoms with van der Waals surface area (Å²) < 4.78 is 0. The third kappa shape index (κ3) is 14.8. The van der Waals surface area contributed by atoms with Crippen LogP contribution in [0.4, 0.5) is 0 Å². The number of unbranched alkanes of at least 4 members (excludes halogenated alkanes) is 4. The molecule has 0 amide bonds. The van der Waals surface area contributed by atoms with Crippen LogP contribution in [-0.4, -0.2) is 5.05 Å². The van der Waals surface area contributed by atoms with Crippen molar-refractivity contribution >= 4 is 17.3 Å². The predicted molar refractivity (Wildman–Crippen MR) is 46.0 cm³/mol. The van der Waals surface area contributed by atoms with Gasteiger partial charge in [-0.1, -0.05) is 37.7 Å². The minimum absolute atomic E-state index is 0. The van der Waals surface area contributed by atoms with Crippen LogP contribution in [0, 0.1) is 0 Å². The van der Waals surface area contributed by atoms with Gasteiger partial charge in [0.1, 0.15) is 0 Å². The van der Waals surface area contributed by atoms with E-state index < -0.39 is 0 Å². The molecule has 0 N–H and O–H groups in total. The second-order valence-corrected chi connectivity index (χ2v) is 2.99. The monoisotopic (exact) mass is 292 g/mol. The summed E-state index contributed by atoms with van der Waals surface area (Å²) in [6.07, 6.45) is 6.53. The van der Waals surface area contributed by atoms with E-state index >= 15 is 0 Å². The van der Waals surface area contributed by atoms with E-state index in [-0.39, 0.29) is 73.9 Å². The van der Waals surface area contributed by atoms with E-state index in [0.717, 1.165) is 12.8 Å². The van der Waals surface area contributed by atoms with E-state index in [1.807, 2.05) is 0 Å². The summed E-state index contributed by atoms with van der Waals surface area (Å²) in [5.74, 6) is 0. The van der Waals surface area contributed by atoms with Gasteiger partial charge in [0.2, 0.25) is 0 Å². The maximum Gasteiger partial charge on any atom is 1.00 e. The van der Waals surface area contributed by atoms with Crippen LogP contribution < -0.4 is 74.0 Å². The van der Waals surface area contributed by atoms with Crippen LogP contribution >= 0.6 is 12.2 Å². The van der Waals surface area contributed by atoms with Gasteiger partial charge in [-0.3, -0.25) is 0 Å². The van der Waals surface area contributed by atoms with Gasteiger partial charge in [0, 0.05) is 0 Å². The zero-order valence-corrected chi connectivity index (χ0v) is 14.7. The van der Waals surface area contributed by atoms with Crippen molar-refractivity contribution in [3.8, 4) is 0 Å². The summed E-state index contributed by atoms with van der Waals surface area (Å²) in [7, 11) is 0. The maximum absolute atomic E-state index is 10.3.